The van der Waals surface area contributed by atoms with Crippen molar-refractivity contribution in [1.82, 2.24) is 0 Å². The highest BCUT2D eigenvalue weighted by Gasteiger charge is 2.43. The van der Waals surface area contributed by atoms with Crippen LogP contribution in [0.2, 0.25) is 0 Å². The number of halogens is 1. The van der Waals surface area contributed by atoms with Crippen molar-refractivity contribution in [3.8, 4) is 0 Å². The highest BCUT2D eigenvalue weighted by atomic mass is 19.1. The third-order valence-electron chi connectivity index (χ3n) is 9.10. The van der Waals surface area contributed by atoms with Gasteiger partial charge in [0, 0.05) is 23.1 Å². The van der Waals surface area contributed by atoms with Crippen LogP contribution in [-0.4, -0.2) is 23.0 Å². The van der Waals surface area contributed by atoms with Crippen LogP contribution in [0.4, 0.5) is 21.5 Å². The summed E-state index contributed by atoms with van der Waals surface area (Å²) in [5.74, 6) is -1.97. The Morgan fingerprint density at radius 2 is 1.61 bits per heavy atom. The number of rotatable bonds is 7. The second kappa shape index (κ2) is 12.6. The third kappa shape index (κ3) is 5.84. The van der Waals surface area contributed by atoms with Crippen LogP contribution in [-0.2, 0) is 17.8 Å². The SMILES string of the molecule is Cc1cc(NC(=O)[C@H]2Cc3ccccc3N(C(=O)c3c(C)cccc3F)[C@H]2c2ccc(NC3CCCC3)cc2)ccc1CO. The van der Waals surface area contributed by atoms with E-state index in [0.717, 1.165) is 40.8 Å². The van der Waals surface area contributed by atoms with E-state index in [-0.39, 0.29) is 18.1 Å². The molecule has 0 saturated heterocycles. The summed E-state index contributed by atoms with van der Waals surface area (Å²) in [7, 11) is 0. The number of nitrogens with one attached hydrogen (secondary N) is 2. The van der Waals surface area contributed by atoms with E-state index < -0.39 is 23.7 Å². The van der Waals surface area contributed by atoms with E-state index >= 15 is 4.39 Å². The fraction of sp³-hybridized carbons (Fsp3) is 0.297. The molecule has 0 radical (unpaired) electrons. The van der Waals surface area contributed by atoms with Crippen molar-refractivity contribution in [2.24, 2.45) is 5.92 Å². The van der Waals surface area contributed by atoms with E-state index in [9.17, 15) is 14.7 Å². The maximum absolute atomic E-state index is 15.3. The predicted molar refractivity (Wildman–Crippen MR) is 172 cm³/mol. The Balaban J connectivity index is 1.43. The maximum atomic E-state index is 15.3. The van der Waals surface area contributed by atoms with Crippen molar-refractivity contribution < 1.29 is 19.1 Å². The van der Waals surface area contributed by atoms with Crippen LogP contribution in [0.3, 0.4) is 0 Å². The number of hydrogen-bond acceptors (Lipinski definition) is 4. The number of para-hydroxylation sites is 1. The third-order valence-corrected chi connectivity index (χ3v) is 9.10. The Bertz CT molecular complexity index is 1660. The number of carbonyl (C=O) groups is 2. The molecule has 6 nitrogen and oxygen atoms in total. The minimum absolute atomic E-state index is 0.00287. The van der Waals surface area contributed by atoms with E-state index in [1.54, 1.807) is 36.1 Å². The summed E-state index contributed by atoms with van der Waals surface area (Å²) in [5, 5.41) is 16.3. The van der Waals surface area contributed by atoms with Crippen molar-refractivity contribution in [3.05, 3.63) is 124 Å². The number of anilines is 3. The van der Waals surface area contributed by atoms with Crippen LogP contribution in [0.25, 0.3) is 0 Å². The summed E-state index contributed by atoms with van der Waals surface area (Å²) in [5.41, 5.74) is 6.12. The van der Waals surface area contributed by atoms with Gasteiger partial charge >= 0.3 is 0 Å². The van der Waals surface area contributed by atoms with E-state index in [1.807, 2.05) is 61.5 Å². The molecule has 4 aromatic rings. The van der Waals surface area contributed by atoms with Crippen molar-refractivity contribution in [3.63, 3.8) is 0 Å². The molecule has 2 aliphatic rings. The Labute approximate surface area is 257 Å². The van der Waals surface area contributed by atoms with Crippen LogP contribution < -0.4 is 15.5 Å². The zero-order chi connectivity index (χ0) is 30.8. The van der Waals surface area contributed by atoms with Crippen molar-refractivity contribution in [2.75, 3.05) is 15.5 Å². The molecule has 0 unspecified atom stereocenters. The van der Waals surface area contributed by atoms with Gasteiger partial charge in [0.15, 0.2) is 0 Å². The molecule has 6 rings (SSSR count). The number of carbonyl (C=O) groups excluding carboxylic acids is 2. The average Bonchev–Trinajstić information content (AvgIpc) is 3.53. The molecule has 0 spiro atoms. The molecule has 1 heterocycles. The second-order valence-corrected chi connectivity index (χ2v) is 12.0. The lowest BCUT2D eigenvalue weighted by molar-refractivity contribution is -0.120. The van der Waals surface area contributed by atoms with Gasteiger partial charge in [-0.25, -0.2) is 4.39 Å². The van der Waals surface area contributed by atoms with Gasteiger partial charge in [-0.1, -0.05) is 61.4 Å². The van der Waals surface area contributed by atoms with Gasteiger partial charge in [-0.2, -0.15) is 0 Å². The number of aliphatic hydroxyl groups is 1. The van der Waals surface area contributed by atoms with E-state index in [0.29, 0.717) is 29.4 Å². The molecule has 226 valence electrons. The van der Waals surface area contributed by atoms with Crippen molar-refractivity contribution >= 4 is 28.9 Å². The van der Waals surface area contributed by atoms with Gasteiger partial charge < -0.3 is 15.7 Å². The Kier molecular flexibility index (Phi) is 8.49. The quantitative estimate of drug-likeness (QED) is 0.208. The number of hydrogen-bond donors (Lipinski definition) is 3. The first-order valence-corrected chi connectivity index (χ1v) is 15.4. The second-order valence-electron chi connectivity index (χ2n) is 12.0. The van der Waals surface area contributed by atoms with Gasteiger partial charge in [0.1, 0.15) is 5.82 Å². The summed E-state index contributed by atoms with van der Waals surface area (Å²) in [6.07, 6.45) is 5.15. The number of nitrogens with zero attached hydrogens (tertiary/aromatic N) is 1. The molecule has 1 aliphatic carbocycles. The topological polar surface area (TPSA) is 81.7 Å². The smallest absolute Gasteiger partial charge is 0.262 e. The summed E-state index contributed by atoms with van der Waals surface area (Å²) in [4.78, 5) is 30.2. The summed E-state index contributed by atoms with van der Waals surface area (Å²) < 4.78 is 15.3. The molecule has 1 saturated carbocycles. The van der Waals surface area contributed by atoms with E-state index in [1.165, 1.54) is 18.9 Å². The number of aryl methyl sites for hydroxylation is 2. The van der Waals surface area contributed by atoms with Gasteiger partial charge in [0.25, 0.3) is 5.91 Å². The zero-order valence-corrected chi connectivity index (χ0v) is 25.1. The maximum Gasteiger partial charge on any atom is 0.262 e. The number of fused-ring (bicyclic) bond motifs is 1. The van der Waals surface area contributed by atoms with Crippen LogP contribution in [0.1, 0.15) is 69.9 Å². The molecule has 2 amide bonds. The van der Waals surface area contributed by atoms with Gasteiger partial charge in [0.2, 0.25) is 5.91 Å². The molecule has 0 aromatic heterocycles. The highest BCUT2D eigenvalue weighted by Crippen LogP contribution is 2.44. The van der Waals surface area contributed by atoms with Crippen LogP contribution in [0.15, 0.2) is 84.9 Å². The Morgan fingerprint density at radius 1 is 0.886 bits per heavy atom. The lowest BCUT2D eigenvalue weighted by atomic mass is 9.80. The monoisotopic (exact) mass is 591 g/mol. The zero-order valence-electron chi connectivity index (χ0n) is 25.1. The van der Waals surface area contributed by atoms with Crippen molar-refractivity contribution in [2.45, 2.75) is 64.6 Å². The van der Waals surface area contributed by atoms with Crippen LogP contribution in [0, 0.1) is 25.6 Å². The lowest BCUT2D eigenvalue weighted by Gasteiger charge is -2.42. The molecular formula is C37H38FN3O3. The fourth-order valence-corrected chi connectivity index (χ4v) is 6.74. The largest absolute Gasteiger partial charge is 0.392 e. The molecule has 0 bridgehead atoms. The van der Waals surface area contributed by atoms with E-state index in [4.69, 9.17) is 0 Å². The fourth-order valence-electron chi connectivity index (χ4n) is 6.74. The number of aliphatic hydroxyl groups excluding tert-OH is 1. The number of benzene rings is 4. The van der Waals surface area contributed by atoms with Crippen LogP contribution >= 0.6 is 0 Å². The molecule has 1 aliphatic heterocycles. The molecule has 2 atom stereocenters. The average molecular weight is 592 g/mol. The summed E-state index contributed by atoms with van der Waals surface area (Å²) >= 11 is 0. The molecule has 7 heteroatoms. The normalized spacial score (nSPS) is 18.1. The minimum atomic E-state index is -0.685. The number of amides is 2. The minimum Gasteiger partial charge on any atom is -0.392 e. The molecular weight excluding hydrogens is 553 g/mol. The Morgan fingerprint density at radius 3 is 2.32 bits per heavy atom. The lowest BCUT2D eigenvalue weighted by Crippen LogP contribution is -2.47. The molecule has 4 aromatic carbocycles. The molecule has 1 fully saturated rings. The standard InChI is InChI=1S/C37H38FN3O3/c1-23-8-7-12-32(38)34(23)37(44)41-33-13-6-3-9-26(33)21-31(36(43)40-30-19-16-27(22-42)24(2)20-30)35(41)25-14-17-29(18-15-25)39-28-10-4-5-11-28/h3,6-9,12-20,28,31,35,39,42H,4-5,10-11,21-22H2,1-2H3,(H,40,43)/t31-,35-/m0/s1. The van der Waals surface area contributed by atoms with Gasteiger partial charge in [-0.05, 0) is 97.3 Å². The Hall–Kier alpha value is -4.49. The predicted octanol–water partition coefficient (Wildman–Crippen LogP) is 7.49. The molecule has 3 N–H and O–H groups in total. The first kappa shape index (κ1) is 29.6. The summed E-state index contributed by atoms with van der Waals surface area (Å²) in [6.45, 7) is 3.53. The summed E-state index contributed by atoms with van der Waals surface area (Å²) in [6, 6.07) is 25.3. The van der Waals surface area contributed by atoms with Gasteiger partial charge in [-0.3, -0.25) is 14.5 Å². The highest BCUT2D eigenvalue weighted by molar-refractivity contribution is 6.09. The van der Waals surface area contributed by atoms with E-state index in [2.05, 4.69) is 10.6 Å². The van der Waals surface area contributed by atoms with Gasteiger partial charge in [-0.15, -0.1) is 0 Å². The molecule has 44 heavy (non-hydrogen) atoms. The van der Waals surface area contributed by atoms with Crippen molar-refractivity contribution in [1.29, 1.82) is 0 Å². The van der Waals surface area contributed by atoms with Crippen LogP contribution in [0.5, 0.6) is 0 Å². The van der Waals surface area contributed by atoms with Gasteiger partial charge in [0.05, 0.1) is 24.1 Å². The first-order chi connectivity index (χ1) is 21.3. The first-order valence-electron chi connectivity index (χ1n) is 15.4.